The zero-order chi connectivity index (χ0) is 27.5. The first-order valence-electron chi connectivity index (χ1n) is 11.8. The Labute approximate surface area is 222 Å². The van der Waals surface area contributed by atoms with Gasteiger partial charge in [-0.2, -0.15) is 8.78 Å². The molecule has 0 bridgehead atoms. The molecule has 1 fully saturated rings. The average molecular weight is 521 g/mol. The van der Waals surface area contributed by atoms with E-state index in [0.717, 1.165) is 16.9 Å². The van der Waals surface area contributed by atoms with Crippen molar-refractivity contribution in [2.45, 2.75) is 35.5 Å². The zero-order valence-corrected chi connectivity index (χ0v) is 22.0. The van der Waals surface area contributed by atoms with Crippen molar-refractivity contribution in [3.8, 4) is 0 Å². The number of carbonyl (C=O) groups is 4. The molecule has 37 heavy (non-hydrogen) atoms. The summed E-state index contributed by atoms with van der Waals surface area (Å²) < 4.78 is 29.9. The summed E-state index contributed by atoms with van der Waals surface area (Å²) in [6.07, 6.45) is 0.157. The third kappa shape index (κ3) is 4.49. The molecule has 0 aliphatic carbocycles. The van der Waals surface area contributed by atoms with Gasteiger partial charge in [0.2, 0.25) is 19.8 Å². The molecule has 2 aliphatic rings. The van der Waals surface area contributed by atoms with Gasteiger partial charge in [0.25, 0.3) is 11.8 Å². The molecule has 4 rings (SSSR count). The van der Waals surface area contributed by atoms with Crippen molar-refractivity contribution in [2.24, 2.45) is 0 Å². The van der Waals surface area contributed by atoms with Gasteiger partial charge in [0.05, 0.1) is 5.44 Å². The second kappa shape index (κ2) is 9.08. The van der Waals surface area contributed by atoms with Crippen LogP contribution in [-0.2, 0) is 26.9 Å². The van der Waals surface area contributed by atoms with Crippen LogP contribution in [-0.4, -0.2) is 78.1 Å². The van der Waals surface area contributed by atoms with Crippen LogP contribution in [0.3, 0.4) is 0 Å². The number of nitrogens with one attached hydrogen (secondary N) is 1. The van der Waals surface area contributed by atoms with E-state index in [-0.39, 0.29) is 23.9 Å². The summed E-state index contributed by atoms with van der Waals surface area (Å²) in [4.78, 5) is 53.5. The molecule has 1 saturated heterocycles. The van der Waals surface area contributed by atoms with E-state index in [1.54, 1.807) is 49.6 Å². The number of nitrogens with zero attached hydrogens (tertiary/aromatic N) is 2. The highest BCUT2D eigenvalue weighted by Crippen LogP contribution is 2.40. The number of alkyl halides is 2. The molecule has 2 atom stereocenters. The van der Waals surface area contributed by atoms with Gasteiger partial charge in [-0.25, -0.2) is 0 Å². The summed E-state index contributed by atoms with van der Waals surface area (Å²) in [5, 5.41) is 1.81. The summed E-state index contributed by atoms with van der Waals surface area (Å²) in [6.45, 7) is 0.113. The first-order valence-corrected chi connectivity index (χ1v) is 12.2. The van der Waals surface area contributed by atoms with Crippen molar-refractivity contribution in [1.82, 2.24) is 15.0 Å². The summed E-state index contributed by atoms with van der Waals surface area (Å²) in [5.74, 6) is -7.15. The maximum absolute atomic E-state index is 15.0. The molecular weight excluding hydrogens is 498 g/mol. The van der Waals surface area contributed by atoms with Gasteiger partial charge < -0.3 is 9.71 Å². The van der Waals surface area contributed by atoms with Crippen LogP contribution in [0.4, 0.5) is 8.78 Å². The molecule has 2 aromatic rings. The Balaban J connectivity index is 1.57. The highest BCUT2D eigenvalue weighted by atomic mass is 35.5. The maximum atomic E-state index is 15.0. The normalized spacial score (nSPS) is 21.8. The largest absolute Gasteiger partial charge is 0.389 e. The fraction of sp³-hybridized carbons (Fsp3) is 0.273. The van der Waals surface area contributed by atoms with E-state index in [2.05, 4.69) is 5.32 Å². The van der Waals surface area contributed by atoms with Gasteiger partial charge in [-0.05, 0) is 41.0 Å². The Kier molecular flexibility index (Phi) is 6.63. The summed E-state index contributed by atoms with van der Waals surface area (Å²) >= 11 is 5.78. The molecule has 0 aromatic heterocycles. The number of carbonyl (C=O) groups excluding carboxylic acids is 4. The van der Waals surface area contributed by atoms with Crippen LogP contribution in [0.2, 0.25) is 10.2 Å². The number of amides is 4. The first-order chi connectivity index (χ1) is 17.1. The standard InChI is InChI=1S/C22H23B5ClF2N3O4/c23-15(33(27)19(37)22(29,30)12-2-4-13(28)5-3-12)10-1-6-14-11(7-10)8-32(16(14)34)21(26)9-20(24,25)17(35)31-18(21)36/h1-7,15H,8-9,23-27H2,(H,31,35,36). The number of halogens is 3. The second-order valence-electron chi connectivity index (χ2n) is 10.6. The molecule has 0 radical (unpaired) electrons. The number of piperidine rings is 1. The minimum absolute atomic E-state index is 0.113. The second-order valence-corrected chi connectivity index (χ2v) is 11.0. The fourth-order valence-corrected chi connectivity index (χ4v) is 5.17. The summed E-state index contributed by atoms with van der Waals surface area (Å²) in [7, 11) is 7.99. The van der Waals surface area contributed by atoms with Crippen molar-refractivity contribution >= 4 is 74.6 Å². The quantitative estimate of drug-likeness (QED) is 0.360. The fourth-order valence-electron chi connectivity index (χ4n) is 5.05. The van der Waals surface area contributed by atoms with Crippen molar-refractivity contribution < 1.29 is 28.0 Å². The van der Waals surface area contributed by atoms with Crippen LogP contribution < -0.4 is 5.32 Å². The van der Waals surface area contributed by atoms with Crippen LogP contribution in [0.5, 0.6) is 0 Å². The minimum Gasteiger partial charge on any atom is -0.389 e. The molecule has 15 heteroatoms. The molecule has 2 unspecified atom stereocenters. The lowest BCUT2D eigenvalue weighted by Gasteiger charge is -2.46. The number of hydrogen-bond donors (Lipinski definition) is 1. The molecule has 1 N–H and O–H groups in total. The molecule has 0 saturated carbocycles. The predicted molar refractivity (Wildman–Crippen MR) is 147 cm³/mol. The number of fused-ring (bicyclic) bond motifs is 1. The monoisotopic (exact) mass is 521 g/mol. The van der Waals surface area contributed by atoms with Crippen molar-refractivity contribution in [3.05, 3.63) is 69.7 Å². The molecule has 186 valence electrons. The van der Waals surface area contributed by atoms with Crippen LogP contribution in [0.1, 0.15) is 39.4 Å². The van der Waals surface area contributed by atoms with Gasteiger partial charge >= 0.3 is 5.92 Å². The summed E-state index contributed by atoms with van der Waals surface area (Å²) in [5.41, 5.74) is -0.142. The lowest BCUT2D eigenvalue weighted by molar-refractivity contribution is -0.154. The molecule has 0 spiro atoms. The number of benzene rings is 2. The smallest absolute Gasteiger partial charge is 0.348 e. The van der Waals surface area contributed by atoms with E-state index >= 15 is 0 Å². The number of hydrogen-bond acceptors (Lipinski definition) is 4. The van der Waals surface area contributed by atoms with Crippen LogP contribution in [0.15, 0.2) is 42.5 Å². The Hall–Kier alpha value is -3.01. The van der Waals surface area contributed by atoms with Gasteiger partial charge in [-0.15, -0.1) is 0 Å². The predicted octanol–water partition coefficient (Wildman–Crippen LogP) is -2.15. The van der Waals surface area contributed by atoms with Crippen LogP contribution >= 0.6 is 11.6 Å². The van der Waals surface area contributed by atoms with Crippen molar-refractivity contribution in [3.63, 3.8) is 0 Å². The Morgan fingerprint density at radius 2 is 1.70 bits per heavy atom. The lowest BCUT2D eigenvalue weighted by atomic mass is 9.45. The van der Waals surface area contributed by atoms with Gasteiger partial charge in [0, 0.05) is 28.6 Å². The molecule has 2 aliphatic heterocycles. The minimum atomic E-state index is -3.76. The topological polar surface area (TPSA) is 86.8 Å². The number of imide groups is 1. The van der Waals surface area contributed by atoms with E-state index < -0.39 is 45.8 Å². The first kappa shape index (κ1) is 27.0. The van der Waals surface area contributed by atoms with Gasteiger partial charge in [-0.1, -0.05) is 35.9 Å². The van der Waals surface area contributed by atoms with Crippen molar-refractivity contribution in [1.29, 1.82) is 0 Å². The lowest BCUT2D eigenvalue weighted by Crippen LogP contribution is -2.67. The van der Waals surface area contributed by atoms with E-state index in [4.69, 9.17) is 11.6 Å². The third-order valence-corrected chi connectivity index (χ3v) is 7.76. The van der Waals surface area contributed by atoms with Gasteiger partial charge in [0.1, 0.15) is 31.4 Å². The third-order valence-electron chi connectivity index (χ3n) is 7.51. The molecule has 4 amide bonds. The highest BCUT2D eigenvalue weighted by Gasteiger charge is 2.53. The van der Waals surface area contributed by atoms with E-state index in [9.17, 15) is 28.0 Å². The van der Waals surface area contributed by atoms with Crippen molar-refractivity contribution in [2.75, 3.05) is 0 Å². The summed E-state index contributed by atoms with van der Waals surface area (Å²) in [6, 6.07) is 9.73. The maximum Gasteiger partial charge on any atom is 0.348 e. The Bertz CT molecular complexity index is 1330. The van der Waals surface area contributed by atoms with Gasteiger partial charge in [-0.3, -0.25) is 24.5 Å². The van der Waals surface area contributed by atoms with E-state index in [0.29, 0.717) is 16.7 Å². The van der Waals surface area contributed by atoms with E-state index in [1.807, 2.05) is 0 Å². The SMILES string of the molecule is BC(c1ccc2c(c1)CN(C1(B)CC(B)(B)C(=O)NC1=O)C2=O)N(B)C(=O)C(F)(F)c1ccc(Cl)cc1. The Morgan fingerprint density at radius 3 is 2.32 bits per heavy atom. The van der Waals surface area contributed by atoms with Gasteiger partial charge in [0.15, 0.2) is 0 Å². The van der Waals surface area contributed by atoms with Crippen LogP contribution in [0, 0.1) is 0 Å². The Morgan fingerprint density at radius 1 is 1.08 bits per heavy atom. The van der Waals surface area contributed by atoms with E-state index in [1.165, 1.54) is 25.0 Å². The molecule has 7 nitrogen and oxygen atoms in total. The molecule has 2 heterocycles. The number of rotatable bonds is 5. The zero-order valence-electron chi connectivity index (χ0n) is 21.2. The molecular formula is C22H23B5ClF2N3O4. The van der Waals surface area contributed by atoms with Crippen LogP contribution in [0.25, 0.3) is 0 Å². The average Bonchev–Trinajstić information content (AvgIpc) is 3.18. The highest BCUT2D eigenvalue weighted by molar-refractivity contribution is 6.53. The molecule has 2 aromatic carbocycles.